The lowest BCUT2D eigenvalue weighted by Gasteiger charge is -2.02. The number of aldehydes is 1. The Bertz CT molecular complexity index is 539. The van der Waals surface area contributed by atoms with Crippen LogP contribution in [0.1, 0.15) is 10.4 Å². The van der Waals surface area contributed by atoms with E-state index >= 15 is 0 Å². The molecule has 0 atom stereocenters. The predicted molar refractivity (Wildman–Crippen MR) is 75.3 cm³/mol. The lowest BCUT2D eigenvalue weighted by molar-refractivity contribution is 0.112. The Morgan fingerprint density at radius 3 is 2.11 bits per heavy atom. The van der Waals surface area contributed by atoms with Gasteiger partial charge in [-0.3, -0.25) is 4.79 Å². The van der Waals surface area contributed by atoms with Crippen LogP contribution >= 0.6 is 0 Å². The Kier molecular flexibility index (Phi) is 5.22. The van der Waals surface area contributed by atoms with Crippen molar-refractivity contribution in [3.05, 3.63) is 48.0 Å². The van der Waals surface area contributed by atoms with Gasteiger partial charge >= 0.3 is 0 Å². The van der Waals surface area contributed by atoms with E-state index in [2.05, 4.69) is 0 Å². The first-order chi connectivity index (χ1) is 9.08. The average molecular weight is 260 g/mol. The summed E-state index contributed by atoms with van der Waals surface area (Å²) in [5.74, 6) is 0.208. The molecular formula is C14H16N2O3. The number of hydrogen-bond donors (Lipinski definition) is 3. The lowest BCUT2D eigenvalue weighted by atomic mass is 10.2. The lowest BCUT2D eigenvalue weighted by Crippen LogP contribution is -1.87. The molecule has 0 spiro atoms. The summed E-state index contributed by atoms with van der Waals surface area (Å²) in [6.07, 6.45) is 0.581. The van der Waals surface area contributed by atoms with Crippen molar-refractivity contribution in [1.29, 1.82) is 0 Å². The fourth-order valence-electron chi connectivity index (χ4n) is 1.36. The maximum Gasteiger partial charge on any atom is 0.168 e. The molecule has 0 aliphatic rings. The number of phenols is 1. The third-order valence-electron chi connectivity index (χ3n) is 2.29. The highest BCUT2D eigenvalue weighted by Gasteiger charge is 2.04. The van der Waals surface area contributed by atoms with Crippen LogP contribution in [0.15, 0.2) is 42.5 Å². The molecule has 0 saturated carbocycles. The Hall–Kier alpha value is -2.69. The van der Waals surface area contributed by atoms with Gasteiger partial charge in [-0.15, -0.1) is 0 Å². The number of nitrogen functional groups attached to an aromatic ring is 2. The zero-order valence-corrected chi connectivity index (χ0v) is 10.5. The van der Waals surface area contributed by atoms with Gasteiger partial charge in [0.05, 0.1) is 12.7 Å². The number of carbonyl (C=O) groups excluding carboxylic acids is 1. The molecular weight excluding hydrogens is 244 g/mol. The van der Waals surface area contributed by atoms with E-state index in [1.807, 2.05) is 6.07 Å². The molecule has 5 nitrogen and oxygen atoms in total. The molecule has 0 saturated heterocycles. The summed E-state index contributed by atoms with van der Waals surface area (Å²) >= 11 is 0. The first kappa shape index (κ1) is 14.4. The van der Waals surface area contributed by atoms with Gasteiger partial charge in [-0.1, -0.05) is 12.1 Å². The van der Waals surface area contributed by atoms with Crippen LogP contribution in [0.4, 0.5) is 11.4 Å². The van der Waals surface area contributed by atoms with E-state index in [0.717, 1.165) is 0 Å². The minimum Gasteiger partial charge on any atom is -0.504 e. The van der Waals surface area contributed by atoms with Gasteiger partial charge in [0.15, 0.2) is 17.8 Å². The molecule has 0 aliphatic carbocycles. The molecule has 0 aliphatic heterocycles. The van der Waals surface area contributed by atoms with Crippen molar-refractivity contribution >= 4 is 17.7 Å². The van der Waals surface area contributed by atoms with Gasteiger partial charge in [0.1, 0.15) is 0 Å². The topological polar surface area (TPSA) is 98.6 Å². The summed E-state index contributed by atoms with van der Waals surface area (Å²) < 4.78 is 4.78. The predicted octanol–water partition coefficient (Wildman–Crippen LogP) is 2.06. The van der Waals surface area contributed by atoms with Gasteiger partial charge in [0.2, 0.25) is 0 Å². The van der Waals surface area contributed by atoms with E-state index < -0.39 is 0 Å². The first-order valence-electron chi connectivity index (χ1n) is 5.50. The van der Waals surface area contributed by atoms with Gasteiger partial charge in [0, 0.05) is 11.4 Å². The molecule has 5 heteroatoms. The molecule has 0 heterocycles. The molecule has 0 aromatic heterocycles. The maximum atomic E-state index is 10.3. The molecule has 0 unspecified atom stereocenters. The summed E-state index contributed by atoms with van der Waals surface area (Å²) in [7, 11) is 1.43. The van der Waals surface area contributed by atoms with Crippen molar-refractivity contribution in [3.8, 4) is 11.5 Å². The van der Waals surface area contributed by atoms with Crippen molar-refractivity contribution < 1.29 is 14.6 Å². The van der Waals surface area contributed by atoms with E-state index in [9.17, 15) is 9.90 Å². The molecule has 2 rings (SSSR count). The average Bonchev–Trinajstić information content (AvgIpc) is 2.39. The standard InChI is InChI=1S/C8H8O3.C6H8N2/c1-11-7-4-2-3-6(5-9)8(7)10;7-5-2-1-3-6(8)4-5/h2-5,10H,1H3;1-4H,7-8H2. The second kappa shape index (κ2) is 6.90. The number of anilines is 2. The zero-order chi connectivity index (χ0) is 14.3. The second-order valence-electron chi connectivity index (χ2n) is 3.69. The number of benzene rings is 2. The van der Waals surface area contributed by atoms with Crippen molar-refractivity contribution in [3.63, 3.8) is 0 Å². The first-order valence-corrected chi connectivity index (χ1v) is 5.50. The number of phenolic OH excluding ortho intramolecular Hbond substituents is 1. The van der Waals surface area contributed by atoms with Gasteiger partial charge in [0.25, 0.3) is 0 Å². The smallest absolute Gasteiger partial charge is 0.168 e. The number of rotatable bonds is 2. The Morgan fingerprint density at radius 2 is 1.68 bits per heavy atom. The van der Waals surface area contributed by atoms with Gasteiger partial charge in [-0.05, 0) is 30.3 Å². The van der Waals surface area contributed by atoms with Gasteiger partial charge in [-0.25, -0.2) is 0 Å². The fraction of sp³-hybridized carbons (Fsp3) is 0.0714. The molecule has 0 bridgehead atoms. The summed E-state index contributed by atoms with van der Waals surface area (Å²) in [5.41, 5.74) is 12.4. The summed E-state index contributed by atoms with van der Waals surface area (Å²) in [6, 6.07) is 11.9. The maximum absolute atomic E-state index is 10.3. The quantitative estimate of drug-likeness (QED) is 0.567. The van der Waals surface area contributed by atoms with Crippen molar-refractivity contribution in [2.24, 2.45) is 0 Å². The third-order valence-corrected chi connectivity index (χ3v) is 2.29. The Morgan fingerprint density at radius 1 is 1.11 bits per heavy atom. The van der Waals surface area contributed by atoms with Crippen LogP contribution < -0.4 is 16.2 Å². The van der Waals surface area contributed by atoms with Crippen LogP contribution in [0.25, 0.3) is 0 Å². The number of carbonyl (C=O) groups is 1. The normalized spacial score (nSPS) is 9.11. The highest BCUT2D eigenvalue weighted by Crippen LogP contribution is 2.27. The van der Waals surface area contributed by atoms with Crippen LogP contribution in [0, 0.1) is 0 Å². The molecule has 5 N–H and O–H groups in total. The molecule has 100 valence electrons. The van der Waals surface area contributed by atoms with Gasteiger partial charge in [-0.2, -0.15) is 0 Å². The van der Waals surface area contributed by atoms with E-state index in [1.54, 1.807) is 30.3 Å². The van der Waals surface area contributed by atoms with Crippen LogP contribution in [0.3, 0.4) is 0 Å². The largest absolute Gasteiger partial charge is 0.504 e. The van der Waals surface area contributed by atoms with E-state index in [4.69, 9.17) is 16.2 Å². The monoisotopic (exact) mass is 260 g/mol. The Labute approximate surface area is 111 Å². The number of para-hydroxylation sites is 1. The Balaban J connectivity index is 0.000000200. The van der Waals surface area contributed by atoms with Crippen LogP contribution in [-0.2, 0) is 0 Å². The van der Waals surface area contributed by atoms with Crippen LogP contribution in [0.2, 0.25) is 0 Å². The molecule has 19 heavy (non-hydrogen) atoms. The van der Waals surface area contributed by atoms with Crippen molar-refractivity contribution in [2.45, 2.75) is 0 Å². The summed E-state index contributed by atoms with van der Waals surface area (Å²) in [4.78, 5) is 10.3. The minimum absolute atomic E-state index is 0.106. The third kappa shape index (κ3) is 4.23. The number of aromatic hydroxyl groups is 1. The van der Waals surface area contributed by atoms with Crippen molar-refractivity contribution in [2.75, 3.05) is 18.6 Å². The highest BCUT2D eigenvalue weighted by molar-refractivity contribution is 5.80. The molecule has 2 aromatic carbocycles. The molecule has 0 fully saturated rings. The molecule has 2 aromatic rings. The van der Waals surface area contributed by atoms with Gasteiger partial charge < -0.3 is 21.3 Å². The van der Waals surface area contributed by atoms with Crippen LogP contribution in [0.5, 0.6) is 11.5 Å². The summed E-state index contributed by atoms with van der Waals surface area (Å²) in [5, 5.41) is 9.23. The summed E-state index contributed by atoms with van der Waals surface area (Å²) in [6.45, 7) is 0. The number of methoxy groups -OCH3 is 1. The van der Waals surface area contributed by atoms with Crippen LogP contribution in [-0.4, -0.2) is 18.5 Å². The number of ether oxygens (including phenoxy) is 1. The fourth-order valence-corrected chi connectivity index (χ4v) is 1.36. The SMILES string of the molecule is COc1cccc(C=O)c1O.Nc1cccc(N)c1. The van der Waals surface area contributed by atoms with E-state index in [1.165, 1.54) is 13.2 Å². The number of nitrogens with two attached hydrogens (primary N) is 2. The highest BCUT2D eigenvalue weighted by atomic mass is 16.5. The number of hydrogen-bond acceptors (Lipinski definition) is 5. The zero-order valence-electron chi connectivity index (χ0n) is 10.5. The second-order valence-corrected chi connectivity index (χ2v) is 3.69. The molecule has 0 radical (unpaired) electrons. The van der Waals surface area contributed by atoms with Crippen molar-refractivity contribution in [1.82, 2.24) is 0 Å². The van der Waals surface area contributed by atoms with E-state index in [-0.39, 0.29) is 11.3 Å². The van der Waals surface area contributed by atoms with E-state index in [0.29, 0.717) is 23.4 Å². The molecule has 0 amide bonds. The minimum atomic E-state index is -0.106.